The number of benzene rings is 2. The minimum Gasteiger partial charge on any atom is -0.497 e. The maximum absolute atomic E-state index is 12.4. The molecule has 27 heavy (non-hydrogen) atoms. The van der Waals surface area contributed by atoms with Crippen LogP contribution in [0, 0.1) is 0 Å². The first-order valence-corrected chi connectivity index (χ1v) is 9.36. The molecule has 136 valence electrons. The van der Waals surface area contributed by atoms with Gasteiger partial charge in [-0.15, -0.1) is 11.3 Å². The molecule has 0 aliphatic carbocycles. The maximum atomic E-state index is 12.4. The minimum atomic E-state index is -0.261. The SMILES string of the molecule is COc1ccc(/C=N/NC(=O)c2cc3c(s2)-c2cc(Cl)ccc2OC3)cc1. The lowest BCUT2D eigenvalue weighted by atomic mass is 10.1. The number of amides is 1. The van der Waals surface area contributed by atoms with E-state index in [-0.39, 0.29) is 5.91 Å². The van der Waals surface area contributed by atoms with E-state index in [9.17, 15) is 4.79 Å². The summed E-state index contributed by atoms with van der Waals surface area (Å²) in [6.45, 7) is 0.433. The topological polar surface area (TPSA) is 59.9 Å². The molecule has 1 N–H and O–H groups in total. The van der Waals surface area contributed by atoms with Crippen LogP contribution in [0.2, 0.25) is 5.02 Å². The lowest BCUT2D eigenvalue weighted by Crippen LogP contribution is -2.16. The fourth-order valence-corrected chi connectivity index (χ4v) is 4.00. The Morgan fingerprint density at radius 3 is 2.85 bits per heavy atom. The summed E-state index contributed by atoms with van der Waals surface area (Å²) in [5, 5.41) is 4.66. The molecule has 0 unspecified atom stereocenters. The number of methoxy groups -OCH3 is 1. The molecule has 0 spiro atoms. The van der Waals surface area contributed by atoms with Crippen molar-refractivity contribution in [2.75, 3.05) is 7.11 Å². The van der Waals surface area contributed by atoms with Crippen molar-refractivity contribution >= 4 is 35.1 Å². The molecule has 0 bridgehead atoms. The fourth-order valence-electron chi connectivity index (χ4n) is 2.75. The Morgan fingerprint density at radius 1 is 1.26 bits per heavy atom. The number of thiophene rings is 1. The van der Waals surface area contributed by atoms with Gasteiger partial charge in [-0.3, -0.25) is 4.79 Å². The second kappa shape index (κ2) is 7.42. The van der Waals surface area contributed by atoms with Crippen LogP contribution in [-0.2, 0) is 6.61 Å². The third kappa shape index (κ3) is 3.67. The van der Waals surface area contributed by atoms with Crippen molar-refractivity contribution in [2.45, 2.75) is 6.61 Å². The van der Waals surface area contributed by atoms with Crippen LogP contribution in [-0.4, -0.2) is 19.2 Å². The lowest BCUT2D eigenvalue weighted by molar-refractivity contribution is 0.0959. The highest BCUT2D eigenvalue weighted by Crippen LogP contribution is 2.43. The average molecular weight is 399 g/mol. The zero-order valence-electron chi connectivity index (χ0n) is 14.4. The molecule has 0 saturated carbocycles. The number of rotatable bonds is 4. The Balaban J connectivity index is 1.49. The fraction of sp³-hybridized carbons (Fsp3) is 0.100. The van der Waals surface area contributed by atoms with Crippen molar-refractivity contribution in [1.82, 2.24) is 5.43 Å². The van der Waals surface area contributed by atoms with Gasteiger partial charge in [-0.25, -0.2) is 5.43 Å². The lowest BCUT2D eigenvalue weighted by Gasteiger charge is -2.17. The van der Waals surface area contributed by atoms with Crippen LogP contribution in [0.1, 0.15) is 20.8 Å². The molecule has 1 aliphatic heterocycles. The minimum absolute atomic E-state index is 0.261. The summed E-state index contributed by atoms with van der Waals surface area (Å²) in [4.78, 5) is 14.0. The predicted molar refractivity (Wildman–Crippen MR) is 107 cm³/mol. The monoisotopic (exact) mass is 398 g/mol. The quantitative estimate of drug-likeness (QED) is 0.510. The Kier molecular flexibility index (Phi) is 4.83. The molecule has 7 heteroatoms. The number of hydrogen-bond donors (Lipinski definition) is 1. The van der Waals surface area contributed by atoms with Gasteiger partial charge in [0.25, 0.3) is 5.91 Å². The molecular weight excluding hydrogens is 384 g/mol. The van der Waals surface area contributed by atoms with E-state index in [1.165, 1.54) is 11.3 Å². The van der Waals surface area contributed by atoms with E-state index in [1.807, 2.05) is 42.5 Å². The average Bonchev–Trinajstić information content (AvgIpc) is 3.13. The highest BCUT2D eigenvalue weighted by atomic mass is 35.5. The molecule has 1 aromatic heterocycles. The van der Waals surface area contributed by atoms with Crippen molar-refractivity contribution in [3.8, 4) is 21.9 Å². The summed E-state index contributed by atoms with van der Waals surface area (Å²) >= 11 is 7.51. The Bertz CT molecular complexity index is 1030. The van der Waals surface area contributed by atoms with Gasteiger partial charge < -0.3 is 9.47 Å². The molecule has 0 radical (unpaired) electrons. The standard InChI is InChI=1S/C20H15ClN2O3S/c1-25-15-5-2-12(3-6-15)10-22-23-20(24)18-8-13-11-26-17-7-4-14(21)9-16(17)19(13)27-18/h2-10H,11H2,1H3,(H,23,24)/b22-10+. The number of nitrogens with zero attached hydrogens (tertiary/aromatic N) is 1. The molecule has 0 atom stereocenters. The first-order valence-electron chi connectivity index (χ1n) is 8.17. The molecule has 0 saturated heterocycles. The Labute approximate surface area is 165 Å². The van der Waals surface area contributed by atoms with Gasteiger partial charge in [0.15, 0.2) is 0 Å². The number of carbonyl (C=O) groups is 1. The van der Waals surface area contributed by atoms with Gasteiger partial charge in [0, 0.05) is 21.0 Å². The van der Waals surface area contributed by atoms with Crippen LogP contribution in [0.15, 0.2) is 53.6 Å². The van der Waals surface area contributed by atoms with Gasteiger partial charge in [0.1, 0.15) is 18.1 Å². The molecular formula is C20H15ClN2O3S. The zero-order chi connectivity index (χ0) is 18.8. The molecule has 4 rings (SSSR count). The zero-order valence-corrected chi connectivity index (χ0v) is 15.9. The van der Waals surface area contributed by atoms with E-state index in [0.29, 0.717) is 16.5 Å². The number of hydrogen-bond acceptors (Lipinski definition) is 5. The van der Waals surface area contributed by atoms with Crippen molar-refractivity contribution in [2.24, 2.45) is 5.10 Å². The largest absolute Gasteiger partial charge is 0.497 e. The van der Waals surface area contributed by atoms with Crippen molar-refractivity contribution in [3.05, 3.63) is 69.6 Å². The van der Waals surface area contributed by atoms with Crippen LogP contribution < -0.4 is 14.9 Å². The summed E-state index contributed by atoms with van der Waals surface area (Å²) in [5.74, 6) is 1.28. The summed E-state index contributed by atoms with van der Waals surface area (Å²) in [7, 11) is 1.61. The number of nitrogens with one attached hydrogen (secondary N) is 1. The van der Waals surface area contributed by atoms with Gasteiger partial charge in [-0.1, -0.05) is 11.6 Å². The van der Waals surface area contributed by atoms with E-state index in [0.717, 1.165) is 33.1 Å². The van der Waals surface area contributed by atoms with Crippen molar-refractivity contribution in [3.63, 3.8) is 0 Å². The second-order valence-electron chi connectivity index (χ2n) is 5.87. The normalized spacial score (nSPS) is 12.2. The van der Waals surface area contributed by atoms with Gasteiger partial charge in [0.05, 0.1) is 18.2 Å². The third-order valence-corrected chi connectivity index (χ3v) is 5.54. The van der Waals surface area contributed by atoms with E-state index in [2.05, 4.69) is 10.5 Å². The smallest absolute Gasteiger partial charge is 0.281 e. The van der Waals surface area contributed by atoms with Gasteiger partial charge in [-0.2, -0.15) is 5.10 Å². The number of halogens is 1. The summed E-state index contributed by atoms with van der Waals surface area (Å²) in [6, 6.07) is 14.7. The molecule has 0 fully saturated rings. The van der Waals surface area contributed by atoms with E-state index in [4.69, 9.17) is 21.1 Å². The van der Waals surface area contributed by atoms with Crippen molar-refractivity contribution < 1.29 is 14.3 Å². The van der Waals surface area contributed by atoms with Crippen LogP contribution in [0.25, 0.3) is 10.4 Å². The Morgan fingerprint density at radius 2 is 2.07 bits per heavy atom. The van der Waals surface area contributed by atoms with Gasteiger partial charge in [0.2, 0.25) is 0 Å². The molecule has 2 heterocycles. The van der Waals surface area contributed by atoms with Crippen LogP contribution in [0.4, 0.5) is 0 Å². The summed E-state index contributed by atoms with van der Waals surface area (Å²) < 4.78 is 10.8. The first kappa shape index (κ1) is 17.6. The van der Waals surface area contributed by atoms with Gasteiger partial charge in [-0.05, 0) is 54.1 Å². The van der Waals surface area contributed by atoms with E-state index < -0.39 is 0 Å². The second-order valence-corrected chi connectivity index (χ2v) is 7.36. The molecule has 5 nitrogen and oxygen atoms in total. The predicted octanol–water partition coefficient (Wildman–Crippen LogP) is 4.73. The number of fused-ring (bicyclic) bond motifs is 3. The molecule has 3 aromatic rings. The van der Waals surface area contributed by atoms with E-state index in [1.54, 1.807) is 19.4 Å². The third-order valence-electron chi connectivity index (χ3n) is 4.10. The van der Waals surface area contributed by atoms with E-state index >= 15 is 0 Å². The number of ether oxygens (including phenoxy) is 2. The first-order chi connectivity index (χ1) is 13.1. The molecule has 1 aliphatic rings. The highest BCUT2D eigenvalue weighted by molar-refractivity contribution is 7.17. The molecule has 2 aromatic carbocycles. The van der Waals surface area contributed by atoms with Crippen LogP contribution in [0.5, 0.6) is 11.5 Å². The number of hydrazone groups is 1. The van der Waals surface area contributed by atoms with Gasteiger partial charge >= 0.3 is 0 Å². The summed E-state index contributed by atoms with van der Waals surface area (Å²) in [5.41, 5.74) is 5.31. The van der Waals surface area contributed by atoms with Crippen LogP contribution in [0.3, 0.4) is 0 Å². The summed E-state index contributed by atoms with van der Waals surface area (Å²) in [6.07, 6.45) is 1.59. The highest BCUT2D eigenvalue weighted by Gasteiger charge is 2.22. The van der Waals surface area contributed by atoms with Crippen LogP contribution >= 0.6 is 22.9 Å². The van der Waals surface area contributed by atoms with Crippen molar-refractivity contribution in [1.29, 1.82) is 0 Å². The molecule has 1 amide bonds. The maximum Gasteiger partial charge on any atom is 0.281 e. The number of carbonyl (C=O) groups excluding carboxylic acids is 1. The Hall–Kier alpha value is -2.83.